The Morgan fingerprint density at radius 1 is 0.719 bits per heavy atom. The molecule has 6 nitrogen and oxygen atoms in total. The Balaban J connectivity index is 2.03. The topological polar surface area (TPSA) is 59.1 Å². The van der Waals surface area contributed by atoms with Crippen LogP contribution >= 0.6 is 0 Å². The van der Waals surface area contributed by atoms with Gasteiger partial charge in [-0.1, -0.05) is 66.7 Å². The Labute approximate surface area is 187 Å². The maximum Gasteiger partial charge on any atom is 0.355 e. The fraction of sp³-hybridized carbons (Fsp3) is 0.154. The van der Waals surface area contributed by atoms with Crippen LogP contribution in [0, 0.1) is 0 Å². The van der Waals surface area contributed by atoms with Crippen LogP contribution in [0.4, 0.5) is 11.4 Å². The van der Waals surface area contributed by atoms with E-state index in [9.17, 15) is 9.59 Å². The minimum atomic E-state index is -0.595. The molecule has 0 radical (unpaired) electrons. The highest BCUT2D eigenvalue weighted by atomic mass is 16.5. The van der Waals surface area contributed by atoms with Gasteiger partial charge >= 0.3 is 11.9 Å². The molecule has 1 atom stereocenters. The molecule has 0 N–H and O–H groups in total. The van der Waals surface area contributed by atoms with E-state index in [4.69, 9.17) is 9.47 Å². The first kappa shape index (κ1) is 21.2. The second-order valence-electron chi connectivity index (χ2n) is 7.26. The molecule has 3 aromatic carbocycles. The van der Waals surface area contributed by atoms with Crippen LogP contribution in [-0.4, -0.2) is 32.7 Å². The van der Waals surface area contributed by atoms with E-state index < -0.39 is 18.1 Å². The van der Waals surface area contributed by atoms with Crippen molar-refractivity contribution in [3.05, 3.63) is 108 Å². The van der Waals surface area contributed by atoms with Gasteiger partial charge in [0.25, 0.3) is 0 Å². The monoisotopic (exact) mass is 428 g/mol. The molecule has 0 spiro atoms. The molecule has 0 unspecified atom stereocenters. The third-order valence-electron chi connectivity index (χ3n) is 5.43. The van der Waals surface area contributed by atoms with Crippen LogP contribution in [0.15, 0.2) is 102 Å². The third-order valence-corrected chi connectivity index (χ3v) is 5.43. The van der Waals surface area contributed by atoms with Crippen LogP contribution in [0.2, 0.25) is 0 Å². The number of benzene rings is 3. The highest BCUT2D eigenvalue weighted by Gasteiger charge is 2.42. The van der Waals surface area contributed by atoms with Gasteiger partial charge in [-0.3, -0.25) is 0 Å². The normalized spacial score (nSPS) is 16.0. The Kier molecular flexibility index (Phi) is 6.22. The van der Waals surface area contributed by atoms with Crippen LogP contribution in [0.25, 0.3) is 0 Å². The van der Waals surface area contributed by atoms with Crippen molar-refractivity contribution in [2.24, 2.45) is 0 Å². The summed E-state index contributed by atoms with van der Waals surface area (Å²) >= 11 is 0. The number of nitrogens with zero attached hydrogens (tertiary/aromatic N) is 2. The molecule has 0 saturated carbocycles. The van der Waals surface area contributed by atoms with Crippen molar-refractivity contribution in [1.29, 1.82) is 0 Å². The molecule has 6 heteroatoms. The Morgan fingerprint density at radius 2 is 1.22 bits per heavy atom. The molecule has 0 fully saturated rings. The zero-order chi connectivity index (χ0) is 22.5. The zero-order valence-corrected chi connectivity index (χ0v) is 18.0. The molecule has 162 valence electrons. The maximum absolute atomic E-state index is 13.1. The largest absolute Gasteiger partial charge is 0.466 e. The molecule has 4 rings (SSSR count). The lowest BCUT2D eigenvalue weighted by atomic mass is 9.99. The minimum absolute atomic E-state index is 0.173. The molecule has 1 aliphatic heterocycles. The van der Waals surface area contributed by atoms with Crippen LogP contribution in [0.1, 0.15) is 11.7 Å². The molecule has 0 bridgehead atoms. The van der Waals surface area contributed by atoms with Crippen molar-refractivity contribution in [2.75, 3.05) is 30.6 Å². The van der Waals surface area contributed by atoms with Crippen LogP contribution in [-0.2, 0) is 19.1 Å². The lowest BCUT2D eigenvalue weighted by Gasteiger charge is -2.47. The molecular formula is C26H24N2O4. The smallest absolute Gasteiger partial charge is 0.355 e. The lowest BCUT2D eigenvalue weighted by molar-refractivity contribution is -0.139. The van der Waals surface area contributed by atoms with E-state index >= 15 is 0 Å². The number of carbonyl (C=O) groups excluding carboxylic acids is 2. The summed E-state index contributed by atoms with van der Waals surface area (Å²) in [5, 5.41) is 0. The van der Waals surface area contributed by atoms with Gasteiger partial charge in [-0.15, -0.1) is 0 Å². The Morgan fingerprint density at radius 3 is 1.75 bits per heavy atom. The van der Waals surface area contributed by atoms with E-state index in [1.165, 1.54) is 14.2 Å². The molecular weight excluding hydrogens is 404 g/mol. The SMILES string of the molecule is COC(=O)C1=C(C(=O)OC)N(c2ccccc2)[C@H](c2ccccc2)N(c2ccccc2)C1. The molecule has 1 heterocycles. The summed E-state index contributed by atoms with van der Waals surface area (Å²) in [5.41, 5.74) is 3.03. The van der Waals surface area contributed by atoms with Crippen LogP contribution in [0.5, 0.6) is 0 Å². The molecule has 1 aliphatic rings. The van der Waals surface area contributed by atoms with Gasteiger partial charge in [0.2, 0.25) is 0 Å². The average molecular weight is 428 g/mol. The number of hydrogen-bond acceptors (Lipinski definition) is 6. The van der Waals surface area contributed by atoms with Crippen molar-refractivity contribution in [3.63, 3.8) is 0 Å². The van der Waals surface area contributed by atoms with E-state index in [-0.39, 0.29) is 17.8 Å². The van der Waals surface area contributed by atoms with Crippen molar-refractivity contribution < 1.29 is 19.1 Å². The summed E-state index contributed by atoms with van der Waals surface area (Å²) in [6, 6.07) is 29.2. The summed E-state index contributed by atoms with van der Waals surface area (Å²) in [4.78, 5) is 29.8. The van der Waals surface area contributed by atoms with E-state index in [1.54, 1.807) is 0 Å². The minimum Gasteiger partial charge on any atom is -0.466 e. The Bertz CT molecular complexity index is 1110. The quantitative estimate of drug-likeness (QED) is 0.565. The number of hydrogen-bond donors (Lipinski definition) is 0. The number of esters is 2. The number of para-hydroxylation sites is 2. The number of rotatable bonds is 5. The number of anilines is 2. The van der Waals surface area contributed by atoms with Gasteiger partial charge in [0, 0.05) is 11.4 Å². The number of methoxy groups -OCH3 is 2. The van der Waals surface area contributed by atoms with Crippen LogP contribution in [0.3, 0.4) is 0 Å². The molecule has 0 saturated heterocycles. The van der Waals surface area contributed by atoms with Crippen molar-refractivity contribution in [2.45, 2.75) is 6.17 Å². The predicted octanol–water partition coefficient (Wildman–Crippen LogP) is 4.31. The van der Waals surface area contributed by atoms with Crippen molar-refractivity contribution >= 4 is 23.3 Å². The average Bonchev–Trinajstić information content (AvgIpc) is 2.88. The molecule has 3 aromatic rings. The lowest BCUT2D eigenvalue weighted by Crippen LogP contribution is -2.50. The standard InChI is InChI=1S/C26H24N2O4/c1-31-25(29)22-18-27(20-14-8-4-9-15-20)24(19-12-6-3-7-13-19)28(23(22)26(30)32-2)21-16-10-5-11-17-21/h3-17,24H,18H2,1-2H3/t24-/m1/s1. The highest BCUT2D eigenvalue weighted by molar-refractivity contribution is 6.04. The highest BCUT2D eigenvalue weighted by Crippen LogP contribution is 2.41. The summed E-state index contributed by atoms with van der Waals surface area (Å²) in [5.74, 6) is -1.17. The van der Waals surface area contributed by atoms with E-state index in [0.717, 1.165) is 16.9 Å². The first-order valence-electron chi connectivity index (χ1n) is 10.3. The second-order valence-corrected chi connectivity index (χ2v) is 7.26. The zero-order valence-electron chi connectivity index (χ0n) is 18.0. The first-order valence-corrected chi connectivity index (χ1v) is 10.3. The molecule has 0 amide bonds. The van der Waals surface area contributed by atoms with Gasteiger partial charge in [0.05, 0.1) is 26.3 Å². The van der Waals surface area contributed by atoms with E-state index in [2.05, 4.69) is 4.90 Å². The van der Waals surface area contributed by atoms with Gasteiger partial charge in [-0.2, -0.15) is 0 Å². The van der Waals surface area contributed by atoms with Gasteiger partial charge < -0.3 is 19.3 Å². The summed E-state index contributed by atoms with van der Waals surface area (Å²) in [6.45, 7) is 0.185. The first-order chi connectivity index (χ1) is 15.7. The summed E-state index contributed by atoms with van der Waals surface area (Å²) in [6.07, 6.45) is -0.400. The van der Waals surface area contributed by atoms with Gasteiger partial charge in [-0.05, 0) is 29.8 Å². The van der Waals surface area contributed by atoms with Gasteiger partial charge in [0.15, 0.2) is 0 Å². The second kappa shape index (κ2) is 9.39. The summed E-state index contributed by atoms with van der Waals surface area (Å²) < 4.78 is 10.2. The van der Waals surface area contributed by atoms with Crippen molar-refractivity contribution in [3.8, 4) is 0 Å². The van der Waals surface area contributed by atoms with Crippen LogP contribution < -0.4 is 9.80 Å². The van der Waals surface area contributed by atoms with E-state index in [1.807, 2.05) is 95.9 Å². The summed E-state index contributed by atoms with van der Waals surface area (Å²) in [7, 11) is 2.63. The van der Waals surface area contributed by atoms with E-state index in [0.29, 0.717) is 0 Å². The van der Waals surface area contributed by atoms with Crippen molar-refractivity contribution in [1.82, 2.24) is 0 Å². The van der Waals surface area contributed by atoms with Gasteiger partial charge in [-0.25, -0.2) is 9.59 Å². The maximum atomic E-state index is 13.1. The Hall–Kier alpha value is -4.06. The number of ether oxygens (including phenoxy) is 2. The van der Waals surface area contributed by atoms with Gasteiger partial charge in [0.1, 0.15) is 11.9 Å². The fourth-order valence-electron chi connectivity index (χ4n) is 4.01. The predicted molar refractivity (Wildman–Crippen MR) is 123 cm³/mol. The molecule has 32 heavy (non-hydrogen) atoms. The third kappa shape index (κ3) is 3.95. The number of carbonyl (C=O) groups is 2. The molecule has 0 aromatic heterocycles. The molecule has 0 aliphatic carbocycles. The fourth-order valence-corrected chi connectivity index (χ4v) is 4.01.